The van der Waals surface area contributed by atoms with Crippen LogP contribution in [0, 0.1) is 0 Å². The summed E-state index contributed by atoms with van der Waals surface area (Å²) < 4.78 is 5.40. The normalized spacial score (nSPS) is 12.3. The van der Waals surface area contributed by atoms with E-state index in [1.165, 1.54) is 11.8 Å². The lowest BCUT2D eigenvalue weighted by Gasteiger charge is -2.03. The van der Waals surface area contributed by atoms with Crippen LogP contribution in [0.3, 0.4) is 0 Å². The molecule has 0 bridgehead atoms. The van der Waals surface area contributed by atoms with Gasteiger partial charge in [-0.25, -0.2) is 4.98 Å². The molecule has 4 nitrogen and oxygen atoms in total. The number of rotatable bonds is 5. The zero-order chi connectivity index (χ0) is 13.0. The summed E-state index contributed by atoms with van der Waals surface area (Å²) in [5.74, 6) is 0.894. The average molecular weight is 262 g/mol. The van der Waals surface area contributed by atoms with Gasteiger partial charge < -0.3 is 10.2 Å². The van der Waals surface area contributed by atoms with Crippen molar-refractivity contribution in [2.75, 3.05) is 0 Å². The van der Waals surface area contributed by atoms with Gasteiger partial charge in [-0.2, -0.15) is 0 Å². The topological polar surface area (TPSA) is 69.1 Å². The fraction of sp³-hybridized carbons (Fsp3) is 0.231. The first kappa shape index (κ1) is 12.7. The Morgan fingerprint density at radius 3 is 2.83 bits per heavy atom. The average Bonchev–Trinajstić information content (AvgIpc) is 2.85. The summed E-state index contributed by atoms with van der Waals surface area (Å²) in [6.45, 7) is 1.78. The molecule has 1 aromatic heterocycles. The van der Waals surface area contributed by atoms with Crippen molar-refractivity contribution < 1.29 is 9.21 Å². The largest absolute Gasteiger partial charge is 0.444 e. The number of thioether (sulfide) groups is 1. The first-order valence-corrected chi connectivity index (χ1v) is 6.62. The molecule has 2 aromatic rings. The molecule has 1 aromatic carbocycles. The van der Waals surface area contributed by atoms with E-state index in [-0.39, 0.29) is 11.2 Å². The molecule has 18 heavy (non-hydrogen) atoms. The van der Waals surface area contributed by atoms with E-state index in [1.54, 1.807) is 13.2 Å². The van der Waals surface area contributed by atoms with Crippen molar-refractivity contribution >= 4 is 17.7 Å². The third-order valence-corrected chi connectivity index (χ3v) is 3.65. The van der Waals surface area contributed by atoms with E-state index in [0.717, 1.165) is 11.3 Å². The van der Waals surface area contributed by atoms with E-state index < -0.39 is 0 Å². The summed E-state index contributed by atoms with van der Waals surface area (Å²) >= 11 is 1.45. The molecule has 0 aliphatic heterocycles. The lowest BCUT2D eigenvalue weighted by molar-refractivity contribution is -0.117. The van der Waals surface area contributed by atoms with Gasteiger partial charge in [0.05, 0.1) is 10.9 Å². The minimum Gasteiger partial charge on any atom is -0.444 e. The van der Waals surface area contributed by atoms with Crippen molar-refractivity contribution in [2.24, 2.45) is 5.73 Å². The predicted octanol–water partition coefficient (Wildman–Crippen LogP) is 2.45. The molecule has 0 radical (unpaired) electrons. The van der Waals surface area contributed by atoms with Gasteiger partial charge in [0.15, 0.2) is 0 Å². The molecule has 1 amide bonds. The predicted molar refractivity (Wildman–Crippen MR) is 71.9 cm³/mol. The molecule has 2 rings (SSSR count). The Bertz CT molecular complexity index is 525. The maximum atomic E-state index is 10.9. The molecule has 0 aliphatic rings. The number of primary amides is 1. The Labute approximate surface area is 110 Å². The maximum Gasteiger partial charge on any atom is 0.230 e. The first-order valence-electron chi connectivity index (χ1n) is 5.57. The molecule has 2 N–H and O–H groups in total. The van der Waals surface area contributed by atoms with Gasteiger partial charge in [-0.1, -0.05) is 18.2 Å². The standard InChI is InChI=1S/C13H14N2O2S/c1-9(12(14)16)18-8-11-7-17-13(15-11)10-5-3-2-4-6-10/h2-7,9H,8H2,1H3,(H2,14,16). The number of carbonyl (C=O) groups is 1. The summed E-state index contributed by atoms with van der Waals surface area (Å²) in [7, 11) is 0. The number of carbonyl (C=O) groups excluding carboxylic acids is 1. The van der Waals surface area contributed by atoms with E-state index in [0.29, 0.717) is 11.6 Å². The first-order chi connectivity index (χ1) is 8.66. The molecular weight excluding hydrogens is 248 g/mol. The van der Waals surface area contributed by atoms with Crippen LogP contribution in [0.4, 0.5) is 0 Å². The summed E-state index contributed by atoms with van der Waals surface area (Å²) in [6.07, 6.45) is 1.61. The fourth-order valence-corrected chi connectivity index (χ4v) is 2.10. The highest BCUT2D eigenvalue weighted by Gasteiger charge is 2.11. The van der Waals surface area contributed by atoms with Crippen molar-refractivity contribution in [1.29, 1.82) is 0 Å². The zero-order valence-electron chi connectivity index (χ0n) is 10.00. The number of nitrogens with two attached hydrogens (primary N) is 1. The number of amides is 1. The second kappa shape index (κ2) is 5.73. The molecule has 0 aliphatic carbocycles. The summed E-state index contributed by atoms with van der Waals surface area (Å²) in [5, 5.41) is -0.220. The van der Waals surface area contributed by atoms with Crippen molar-refractivity contribution in [3.8, 4) is 11.5 Å². The van der Waals surface area contributed by atoms with Crippen LogP contribution in [0.2, 0.25) is 0 Å². The Morgan fingerprint density at radius 1 is 1.44 bits per heavy atom. The summed E-state index contributed by atoms with van der Waals surface area (Å²) in [4.78, 5) is 15.3. The molecule has 5 heteroatoms. The third-order valence-electron chi connectivity index (χ3n) is 2.45. The lowest BCUT2D eigenvalue weighted by Crippen LogP contribution is -2.22. The van der Waals surface area contributed by atoms with Gasteiger partial charge in [-0.3, -0.25) is 4.79 Å². The van der Waals surface area contributed by atoms with Crippen LogP contribution in [-0.4, -0.2) is 16.1 Å². The van der Waals surface area contributed by atoms with E-state index in [9.17, 15) is 4.79 Å². The van der Waals surface area contributed by atoms with Gasteiger partial charge in [0.25, 0.3) is 0 Å². The number of hydrogen-bond donors (Lipinski definition) is 1. The zero-order valence-corrected chi connectivity index (χ0v) is 10.8. The summed E-state index contributed by atoms with van der Waals surface area (Å²) in [6, 6.07) is 9.69. The molecule has 1 heterocycles. The quantitative estimate of drug-likeness (QED) is 0.898. The van der Waals surface area contributed by atoms with E-state index in [2.05, 4.69) is 4.98 Å². The van der Waals surface area contributed by atoms with Gasteiger partial charge in [0.2, 0.25) is 11.8 Å². The summed E-state index contributed by atoms with van der Waals surface area (Å²) in [5.41, 5.74) is 6.95. The van der Waals surface area contributed by atoms with Gasteiger partial charge in [-0.05, 0) is 19.1 Å². The van der Waals surface area contributed by atoms with Crippen molar-refractivity contribution in [2.45, 2.75) is 17.9 Å². The van der Waals surface area contributed by atoms with Gasteiger partial charge >= 0.3 is 0 Å². The number of benzene rings is 1. The highest BCUT2D eigenvalue weighted by molar-refractivity contribution is 7.99. The van der Waals surface area contributed by atoms with Crippen molar-refractivity contribution in [1.82, 2.24) is 4.98 Å². The Morgan fingerprint density at radius 2 is 2.17 bits per heavy atom. The van der Waals surface area contributed by atoms with Crippen LogP contribution < -0.4 is 5.73 Å². The molecule has 1 unspecified atom stereocenters. The van der Waals surface area contributed by atoms with Crippen LogP contribution in [0.15, 0.2) is 41.0 Å². The molecule has 1 atom stereocenters. The SMILES string of the molecule is CC(SCc1coc(-c2ccccc2)n1)C(N)=O. The van der Waals surface area contributed by atoms with Gasteiger partial charge in [-0.15, -0.1) is 11.8 Å². The Hall–Kier alpha value is -1.75. The van der Waals surface area contributed by atoms with E-state index >= 15 is 0 Å². The van der Waals surface area contributed by atoms with Gasteiger partial charge in [0, 0.05) is 11.3 Å². The molecular formula is C13H14N2O2S. The molecule has 94 valence electrons. The van der Waals surface area contributed by atoms with Crippen LogP contribution in [0.5, 0.6) is 0 Å². The lowest BCUT2D eigenvalue weighted by atomic mass is 10.2. The van der Waals surface area contributed by atoms with Crippen LogP contribution >= 0.6 is 11.8 Å². The van der Waals surface area contributed by atoms with Crippen molar-refractivity contribution in [3.05, 3.63) is 42.3 Å². The minimum atomic E-state index is -0.313. The highest BCUT2D eigenvalue weighted by Crippen LogP contribution is 2.21. The molecule has 0 saturated heterocycles. The monoisotopic (exact) mass is 262 g/mol. The third kappa shape index (κ3) is 3.13. The van der Waals surface area contributed by atoms with Crippen LogP contribution in [0.25, 0.3) is 11.5 Å². The number of aromatic nitrogens is 1. The van der Waals surface area contributed by atoms with Crippen LogP contribution in [0.1, 0.15) is 12.6 Å². The Kier molecular flexibility index (Phi) is 4.04. The van der Waals surface area contributed by atoms with E-state index in [1.807, 2.05) is 30.3 Å². The second-order valence-electron chi connectivity index (χ2n) is 3.87. The van der Waals surface area contributed by atoms with Gasteiger partial charge in [0.1, 0.15) is 6.26 Å². The van der Waals surface area contributed by atoms with Crippen molar-refractivity contribution in [3.63, 3.8) is 0 Å². The number of oxazole rings is 1. The Balaban J connectivity index is 2.01. The molecule has 0 spiro atoms. The second-order valence-corrected chi connectivity index (χ2v) is 5.19. The minimum absolute atomic E-state index is 0.220. The smallest absolute Gasteiger partial charge is 0.230 e. The number of hydrogen-bond acceptors (Lipinski definition) is 4. The fourth-order valence-electron chi connectivity index (χ4n) is 1.38. The molecule has 0 saturated carbocycles. The number of nitrogens with zero attached hydrogens (tertiary/aromatic N) is 1. The molecule has 0 fully saturated rings. The maximum absolute atomic E-state index is 10.9. The van der Waals surface area contributed by atoms with E-state index in [4.69, 9.17) is 10.2 Å². The van der Waals surface area contributed by atoms with Crippen LogP contribution in [-0.2, 0) is 10.5 Å². The highest BCUT2D eigenvalue weighted by atomic mass is 32.2.